The molecule has 1 fully saturated rings. The molecule has 0 aromatic rings. The summed E-state index contributed by atoms with van der Waals surface area (Å²) in [4.78, 5) is 0. The second kappa shape index (κ2) is 8.57. The van der Waals surface area contributed by atoms with Gasteiger partial charge in [-0.3, -0.25) is 0 Å². The fourth-order valence-electron chi connectivity index (χ4n) is 1.83. The lowest BCUT2D eigenvalue weighted by molar-refractivity contribution is 0.200. The van der Waals surface area contributed by atoms with Gasteiger partial charge in [-0.1, -0.05) is 19.3 Å². The van der Waals surface area contributed by atoms with E-state index >= 15 is 0 Å². The van der Waals surface area contributed by atoms with Gasteiger partial charge in [0.15, 0.2) is 0 Å². The Morgan fingerprint density at radius 2 is 2.00 bits per heavy atom. The topological polar surface area (TPSA) is 21.3 Å². The molecule has 0 unspecified atom stereocenters. The zero-order chi connectivity index (χ0) is 10.1. The van der Waals surface area contributed by atoms with Gasteiger partial charge in [-0.2, -0.15) is 11.8 Å². The minimum atomic E-state index is 0.827. The van der Waals surface area contributed by atoms with Gasteiger partial charge in [0.1, 0.15) is 0 Å². The van der Waals surface area contributed by atoms with Crippen LogP contribution in [0.25, 0.3) is 0 Å². The molecule has 0 saturated heterocycles. The SMILES string of the molecule is COCCNCCSC1CCCCC1. The van der Waals surface area contributed by atoms with Crippen molar-refractivity contribution in [1.82, 2.24) is 5.32 Å². The first kappa shape index (κ1) is 12.3. The highest BCUT2D eigenvalue weighted by Crippen LogP contribution is 2.27. The van der Waals surface area contributed by atoms with Crippen LogP contribution in [0.5, 0.6) is 0 Å². The molecule has 1 saturated carbocycles. The molecule has 0 aliphatic heterocycles. The third-order valence-corrected chi connectivity index (χ3v) is 4.05. The van der Waals surface area contributed by atoms with Gasteiger partial charge in [-0.15, -0.1) is 0 Å². The Hall–Kier alpha value is 0.270. The summed E-state index contributed by atoms with van der Waals surface area (Å²) >= 11 is 2.15. The van der Waals surface area contributed by atoms with Crippen LogP contribution in [0.4, 0.5) is 0 Å². The Morgan fingerprint density at radius 3 is 2.71 bits per heavy atom. The standard InChI is InChI=1S/C11H23NOS/c1-13-9-7-12-8-10-14-11-5-3-2-4-6-11/h11-12H,2-10H2,1H3. The average Bonchev–Trinajstić information content (AvgIpc) is 2.25. The predicted molar refractivity (Wildman–Crippen MR) is 64.1 cm³/mol. The molecule has 0 heterocycles. The summed E-state index contributed by atoms with van der Waals surface area (Å²) in [6.07, 6.45) is 7.26. The Balaban J connectivity index is 1.82. The van der Waals surface area contributed by atoms with Crippen molar-refractivity contribution in [3.05, 3.63) is 0 Å². The van der Waals surface area contributed by atoms with Gasteiger partial charge in [0, 0.05) is 31.2 Å². The molecule has 3 heteroatoms. The van der Waals surface area contributed by atoms with Crippen LogP contribution >= 0.6 is 11.8 Å². The molecule has 1 N–H and O–H groups in total. The van der Waals surface area contributed by atoms with Gasteiger partial charge < -0.3 is 10.1 Å². The third-order valence-electron chi connectivity index (χ3n) is 2.67. The smallest absolute Gasteiger partial charge is 0.0587 e. The van der Waals surface area contributed by atoms with Crippen molar-refractivity contribution < 1.29 is 4.74 Å². The van der Waals surface area contributed by atoms with Crippen LogP contribution in [0, 0.1) is 0 Å². The number of ether oxygens (including phenoxy) is 1. The van der Waals surface area contributed by atoms with E-state index < -0.39 is 0 Å². The number of nitrogens with one attached hydrogen (secondary N) is 1. The van der Waals surface area contributed by atoms with Crippen molar-refractivity contribution >= 4 is 11.8 Å². The zero-order valence-electron chi connectivity index (χ0n) is 9.26. The second-order valence-electron chi connectivity index (χ2n) is 3.87. The molecule has 14 heavy (non-hydrogen) atoms. The van der Waals surface area contributed by atoms with Gasteiger partial charge in [-0.05, 0) is 12.8 Å². The van der Waals surface area contributed by atoms with Crippen molar-refractivity contribution in [2.75, 3.05) is 32.6 Å². The van der Waals surface area contributed by atoms with Crippen LogP contribution in [-0.4, -0.2) is 37.8 Å². The van der Waals surface area contributed by atoms with E-state index in [0.29, 0.717) is 0 Å². The molecular weight excluding hydrogens is 194 g/mol. The first-order chi connectivity index (χ1) is 6.93. The van der Waals surface area contributed by atoms with E-state index in [1.165, 1.54) is 37.9 Å². The molecule has 84 valence electrons. The summed E-state index contributed by atoms with van der Waals surface area (Å²) in [5.41, 5.74) is 0. The van der Waals surface area contributed by atoms with Gasteiger partial charge in [0.25, 0.3) is 0 Å². The Labute approximate surface area is 92.2 Å². The van der Waals surface area contributed by atoms with Crippen LogP contribution in [0.15, 0.2) is 0 Å². The Kier molecular flexibility index (Phi) is 7.55. The maximum Gasteiger partial charge on any atom is 0.0587 e. The van der Waals surface area contributed by atoms with Crippen LogP contribution in [0.2, 0.25) is 0 Å². The van der Waals surface area contributed by atoms with Gasteiger partial charge >= 0.3 is 0 Å². The number of thioether (sulfide) groups is 1. The molecule has 1 aliphatic carbocycles. The highest BCUT2D eigenvalue weighted by atomic mass is 32.2. The van der Waals surface area contributed by atoms with E-state index in [1.54, 1.807) is 7.11 Å². The van der Waals surface area contributed by atoms with Crippen molar-refractivity contribution in [3.63, 3.8) is 0 Å². The summed E-state index contributed by atoms with van der Waals surface area (Å²) in [7, 11) is 1.75. The third kappa shape index (κ3) is 5.89. The molecule has 0 atom stereocenters. The average molecular weight is 217 g/mol. The van der Waals surface area contributed by atoms with Crippen LogP contribution in [0.1, 0.15) is 32.1 Å². The molecule has 0 spiro atoms. The minimum Gasteiger partial charge on any atom is -0.383 e. The highest BCUT2D eigenvalue weighted by molar-refractivity contribution is 7.99. The van der Waals surface area contributed by atoms with Crippen molar-refractivity contribution in [1.29, 1.82) is 0 Å². The Morgan fingerprint density at radius 1 is 1.21 bits per heavy atom. The lowest BCUT2D eigenvalue weighted by atomic mass is 10.0. The summed E-state index contributed by atoms with van der Waals surface area (Å²) in [5.74, 6) is 1.26. The van der Waals surface area contributed by atoms with Crippen LogP contribution in [-0.2, 0) is 4.74 Å². The molecule has 0 amide bonds. The highest BCUT2D eigenvalue weighted by Gasteiger charge is 2.12. The van der Waals surface area contributed by atoms with Gasteiger partial charge in [-0.25, -0.2) is 0 Å². The summed E-state index contributed by atoms with van der Waals surface area (Å²) < 4.78 is 4.97. The fraction of sp³-hybridized carbons (Fsp3) is 1.00. The fourth-order valence-corrected chi connectivity index (χ4v) is 3.09. The zero-order valence-corrected chi connectivity index (χ0v) is 10.1. The molecule has 0 radical (unpaired) electrons. The van der Waals surface area contributed by atoms with E-state index in [9.17, 15) is 0 Å². The largest absolute Gasteiger partial charge is 0.383 e. The number of rotatable bonds is 7. The maximum absolute atomic E-state index is 4.97. The van der Waals surface area contributed by atoms with E-state index in [4.69, 9.17) is 4.74 Å². The maximum atomic E-state index is 4.97. The summed E-state index contributed by atoms with van der Waals surface area (Å²) in [6.45, 7) is 2.94. The Bertz CT molecular complexity index is 126. The molecule has 1 aliphatic rings. The minimum absolute atomic E-state index is 0.827. The molecule has 2 nitrogen and oxygen atoms in total. The van der Waals surface area contributed by atoms with E-state index in [-0.39, 0.29) is 0 Å². The number of hydrogen-bond donors (Lipinski definition) is 1. The van der Waals surface area contributed by atoms with E-state index in [0.717, 1.165) is 24.9 Å². The van der Waals surface area contributed by atoms with Crippen LogP contribution in [0.3, 0.4) is 0 Å². The first-order valence-corrected chi connectivity index (χ1v) is 6.79. The molecular formula is C11H23NOS. The van der Waals surface area contributed by atoms with Crippen LogP contribution < -0.4 is 5.32 Å². The lowest BCUT2D eigenvalue weighted by Crippen LogP contribution is -2.22. The lowest BCUT2D eigenvalue weighted by Gasteiger charge is -2.20. The van der Waals surface area contributed by atoms with Crippen molar-refractivity contribution in [2.45, 2.75) is 37.4 Å². The van der Waals surface area contributed by atoms with Crippen molar-refractivity contribution in [2.24, 2.45) is 0 Å². The molecule has 0 aromatic carbocycles. The quantitative estimate of drug-likeness (QED) is 0.661. The molecule has 0 bridgehead atoms. The molecule has 1 rings (SSSR count). The first-order valence-electron chi connectivity index (χ1n) is 5.74. The van der Waals surface area contributed by atoms with E-state index in [2.05, 4.69) is 17.1 Å². The second-order valence-corrected chi connectivity index (χ2v) is 5.28. The van der Waals surface area contributed by atoms with Gasteiger partial charge in [0.05, 0.1) is 6.61 Å². The predicted octanol–water partition coefficient (Wildman–Crippen LogP) is 2.29. The number of methoxy groups -OCH3 is 1. The summed E-state index contributed by atoms with van der Waals surface area (Å²) in [6, 6.07) is 0. The van der Waals surface area contributed by atoms with Crippen molar-refractivity contribution in [3.8, 4) is 0 Å². The van der Waals surface area contributed by atoms with Gasteiger partial charge in [0.2, 0.25) is 0 Å². The van der Waals surface area contributed by atoms with E-state index in [1.807, 2.05) is 0 Å². The summed E-state index contributed by atoms with van der Waals surface area (Å²) in [5, 5.41) is 4.33. The monoisotopic (exact) mass is 217 g/mol. The molecule has 0 aromatic heterocycles. The number of hydrogen-bond acceptors (Lipinski definition) is 3. The normalized spacial score (nSPS) is 18.6.